The van der Waals surface area contributed by atoms with Gasteiger partial charge in [-0.3, -0.25) is 4.79 Å². The number of rotatable bonds is 3. The molecule has 0 bridgehead atoms. The van der Waals surface area contributed by atoms with Gasteiger partial charge < -0.3 is 15.2 Å². The van der Waals surface area contributed by atoms with Gasteiger partial charge in [0.25, 0.3) is 0 Å². The lowest BCUT2D eigenvalue weighted by atomic mass is 10.0. The first kappa shape index (κ1) is 17.5. The number of hydrogen-bond donors (Lipinski definition) is 1. The standard InChI is InChI=1S/C19H19ClN6O/c1-2-16(27)25-9-5-6-12(11-25)26-17(13-7-3-4-8-14(13)20)23-15-10-22-19(21)24-18(15)26/h2-4,7-8,10,12H,1,5-6,9,11H2,(H2,21,22,24). The van der Waals surface area contributed by atoms with Crippen LogP contribution in [0.3, 0.4) is 0 Å². The third-order valence-electron chi connectivity index (χ3n) is 4.81. The van der Waals surface area contributed by atoms with Crippen molar-refractivity contribution in [2.45, 2.75) is 18.9 Å². The van der Waals surface area contributed by atoms with E-state index in [9.17, 15) is 4.79 Å². The maximum Gasteiger partial charge on any atom is 0.246 e. The molecule has 2 N–H and O–H groups in total. The molecule has 1 aromatic carbocycles. The number of benzene rings is 1. The van der Waals surface area contributed by atoms with Gasteiger partial charge in [0.15, 0.2) is 5.65 Å². The zero-order valence-electron chi connectivity index (χ0n) is 14.7. The number of amides is 1. The lowest BCUT2D eigenvalue weighted by Gasteiger charge is -2.33. The van der Waals surface area contributed by atoms with Crippen LogP contribution in [-0.4, -0.2) is 43.4 Å². The molecular formula is C19H19ClN6O. The largest absolute Gasteiger partial charge is 0.368 e. The zero-order chi connectivity index (χ0) is 19.0. The number of imidazole rings is 1. The third kappa shape index (κ3) is 3.14. The van der Waals surface area contributed by atoms with Crippen molar-refractivity contribution in [3.8, 4) is 11.4 Å². The molecule has 138 valence electrons. The number of likely N-dealkylation sites (tertiary alicyclic amines) is 1. The molecule has 0 radical (unpaired) electrons. The van der Waals surface area contributed by atoms with Crippen molar-refractivity contribution < 1.29 is 4.79 Å². The van der Waals surface area contributed by atoms with Crippen LogP contribution in [0.2, 0.25) is 5.02 Å². The number of nitrogen functional groups attached to an aromatic ring is 1. The van der Waals surface area contributed by atoms with Crippen LogP contribution in [0.15, 0.2) is 43.1 Å². The quantitative estimate of drug-likeness (QED) is 0.703. The van der Waals surface area contributed by atoms with Crippen LogP contribution in [0, 0.1) is 0 Å². The summed E-state index contributed by atoms with van der Waals surface area (Å²) in [6.45, 7) is 4.86. The highest BCUT2D eigenvalue weighted by Crippen LogP contribution is 2.34. The molecule has 3 heterocycles. The molecule has 27 heavy (non-hydrogen) atoms. The van der Waals surface area contributed by atoms with Gasteiger partial charge >= 0.3 is 0 Å². The third-order valence-corrected chi connectivity index (χ3v) is 5.14. The van der Waals surface area contributed by atoms with Crippen LogP contribution in [0.5, 0.6) is 0 Å². The van der Waals surface area contributed by atoms with Crippen molar-refractivity contribution in [2.24, 2.45) is 0 Å². The first-order chi connectivity index (χ1) is 13.1. The van der Waals surface area contributed by atoms with E-state index in [-0.39, 0.29) is 17.9 Å². The van der Waals surface area contributed by atoms with E-state index in [1.807, 2.05) is 28.8 Å². The summed E-state index contributed by atoms with van der Waals surface area (Å²) in [5.41, 5.74) is 7.93. The number of hydrogen-bond acceptors (Lipinski definition) is 5. The molecule has 1 amide bonds. The van der Waals surface area contributed by atoms with E-state index >= 15 is 0 Å². The van der Waals surface area contributed by atoms with Crippen molar-refractivity contribution in [3.05, 3.63) is 48.1 Å². The molecule has 4 rings (SSSR count). The van der Waals surface area contributed by atoms with Gasteiger partial charge in [0.1, 0.15) is 11.3 Å². The molecule has 1 aliphatic heterocycles. The Morgan fingerprint density at radius 2 is 2.15 bits per heavy atom. The SMILES string of the molecule is C=CC(=O)N1CCCC(n2c(-c3ccccc3Cl)nc3cnc(N)nc32)C1. The molecule has 0 aliphatic carbocycles. The molecule has 3 aromatic rings. The van der Waals surface area contributed by atoms with E-state index < -0.39 is 0 Å². The average molecular weight is 383 g/mol. The Bertz CT molecular complexity index is 1030. The molecule has 2 aromatic heterocycles. The summed E-state index contributed by atoms with van der Waals surface area (Å²) in [7, 11) is 0. The van der Waals surface area contributed by atoms with Gasteiger partial charge in [0, 0.05) is 18.7 Å². The number of fused-ring (bicyclic) bond motifs is 1. The summed E-state index contributed by atoms with van der Waals surface area (Å²) in [6.07, 6.45) is 4.74. The van der Waals surface area contributed by atoms with Crippen LogP contribution in [-0.2, 0) is 4.79 Å². The Labute approximate surface area is 161 Å². The fraction of sp³-hybridized carbons (Fsp3) is 0.263. The average Bonchev–Trinajstić information content (AvgIpc) is 3.06. The minimum atomic E-state index is -0.0717. The summed E-state index contributed by atoms with van der Waals surface area (Å²) in [5.74, 6) is 0.815. The minimum absolute atomic E-state index is 0.00761. The van der Waals surface area contributed by atoms with Crippen molar-refractivity contribution in [3.63, 3.8) is 0 Å². The van der Waals surface area contributed by atoms with Crippen molar-refractivity contribution in [1.29, 1.82) is 0 Å². The van der Waals surface area contributed by atoms with Gasteiger partial charge in [-0.25, -0.2) is 9.97 Å². The Balaban J connectivity index is 1.88. The van der Waals surface area contributed by atoms with Gasteiger partial charge in [-0.2, -0.15) is 4.98 Å². The topological polar surface area (TPSA) is 89.9 Å². The molecule has 8 heteroatoms. The van der Waals surface area contributed by atoms with E-state index in [1.54, 1.807) is 11.1 Å². The van der Waals surface area contributed by atoms with Crippen molar-refractivity contribution in [1.82, 2.24) is 24.4 Å². The predicted molar refractivity (Wildman–Crippen MR) is 105 cm³/mol. The highest BCUT2D eigenvalue weighted by molar-refractivity contribution is 6.33. The Kier molecular flexibility index (Phi) is 4.53. The number of piperidine rings is 1. The maximum atomic E-state index is 12.1. The van der Waals surface area contributed by atoms with Crippen LogP contribution < -0.4 is 5.73 Å². The molecular weight excluding hydrogens is 364 g/mol. The highest BCUT2D eigenvalue weighted by Gasteiger charge is 2.28. The second-order valence-electron chi connectivity index (χ2n) is 6.51. The summed E-state index contributed by atoms with van der Waals surface area (Å²) in [5, 5.41) is 0.602. The van der Waals surface area contributed by atoms with E-state index in [0.717, 1.165) is 18.4 Å². The Hall–Kier alpha value is -2.93. The van der Waals surface area contributed by atoms with Gasteiger partial charge in [0.2, 0.25) is 11.9 Å². The van der Waals surface area contributed by atoms with Crippen LogP contribution >= 0.6 is 11.6 Å². The van der Waals surface area contributed by atoms with Crippen molar-refractivity contribution in [2.75, 3.05) is 18.8 Å². The Morgan fingerprint density at radius 3 is 2.93 bits per heavy atom. The van der Waals surface area contributed by atoms with Gasteiger partial charge in [0.05, 0.1) is 17.3 Å². The van der Waals surface area contributed by atoms with Gasteiger partial charge in [-0.05, 0) is 31.1 Å². The molecule has 1 atom stereocenters. The van der Waals surface area contributed by atoms with Crippen molar-refractivity contribution >= 4 is 34.6 Å². The van der Waals surface area contributed by atoms with E-state index in [4.69, 9.17) is 22.3 Å². The molecule has 1 fully saturated rings. The predicted octanol–water partition coefficient (Wildman–Crippen LogP) is 3.08. The normalized spacial score (nSPS) is 17.2. The van der Waals surface area contributed by atoms with Crippen LogP contribution in [0.4, 0.5) is 5.95 Å². The lowest BCUT2D eigenvalue weighted by Crippen LogP contribution is -2.40. The highest BCUT2D eigenvalue weighted by atomic mass is 35.5. The Morgan fingerprint density at radius 1 is 1.33 bits per heavy atom. The summed E-state index contributed by atoms with van der Waals surface area (Å²) >= 11 is 6.44. The maximum absolute atomic E-state index is 12.1. The monoisotopic (exact) mass is 382 g/mol. The van der Waals surface area contributed by atoms with Crippen LogP contribution in [0.25, 0.3) is 22.6 Å². The molecule has 0 saturated carbocycles. The number of nitrogens with zero attached hydrogens (tertiary/aromatic N) is 5. The smallest absolute Gasteiger partial charge is 0.246 e. The number of nitrogens with two attached hydrogens (primary N) is 1. The number of carbonyl (C=O) groups is 1. The van der Waals surface area contributed by atoms with Gasteiger partial charge in [-0.1, -0.05) is 30.3 Å². The first-order valence-corrected chi connectivity index (χ1v) is 9.13. The summed E-state index contributed by atoms with van der Waals surface area (Å²) in [6, 6.07) is 7.55. The van der Waals surface area contributed by atoms with E-state index in [2.05, 4.69) is 16.5 Å². The number of aromatic nitrogens is 4. The molecule has 0 spiro atoms. The lowest BCUT2D eigenvalue weighted by molar-refractivity contribution is -0.127. The molecule has 1 aliphatic rings. The second-order valence-corrected chi connectivity index (χ2v) is 6.91. The van der Waals surface area contributed by atoms with Crippen LogP contribution in [0.1, 0.15) is 18.9 Å². The van der Waals surface area contributed by atoms with E-state index in [0.29, 0.717) is 35.1 Å². The number of halogens is 1. The fourth-order valence-corrected chi connectivity index (χ4v) is 3.80. The summed E-state index contributed by atoms with van der Waals surface area (Å²) < 4.78 is 2.04. The fourth-order valence-electron chi connectivity index (χ4n) is 3.58. The van der Waals surface area contributed by atoms with Gasteiger partial charge in [-0.15, -0.1) is 0 Å². The second kappa shape index (κ2) is 7.00. The summed E-state index contributed by atoms with van der Waals surface area (Å²) in [4.78, 5) is 27.1. The zero-order valence-corrected chi connectivity index (χ0v) is 15.4. The number of anilines is 1. The number of carbonyl (C=O) groups excluding carboxylic acids is 1. The molecule has 1 saturated heterocycles. The molecule has 7 nitrogen and oxygen atoms in total. The molecule has 1 unspecified atom stereocenters. The minimum Gasteiger partial charge on any atom is -0.368 e. The first-order valence-electron chi connectivity index (χ1n) is 8.75. The van der Waals surface area contributed by atoms with E-state index in [1.165, 1.54) is 6.08 Å².